The molecule has 0 amide bonds. The SMILES string of the molecule is CCCCOc1nc(-c2sccc2C)c(-c2ccc(S(C)(=O)=O)cc2)cc1CO. The first-order valence-corrected chi connectivity index (χ1v) is 12.2. The molecule has 29 heavy (non-hydrogen) atoms. The predicted molar refractivity (Wildman–Crippen MR) is 117 cm³/mol. The average Bonchev–Trinajstić information content (AvgIpc) is 3.13. The molecule has 0 fully saturated rings. The fourth-order valence-corrected chi connectivity index (χ4v) is 4.54. The van der Waals surface area contributed by atoms with Crippen molar-refractivity contribution in [3.63, 3.8) is 0 Å². The second kappa shape index (κ2) is 9.07. The predicted octanol–water partition coefficient (Wildman–Crippen LogP) is 4.86. The van der Waals surface area contributed by atoms with E-state index in [1.807, 2.05) is 24.4 Å². The Morgan fingerprint density at radius 2 is 1.90 bits per heavy atom. The molecule has 0 saturated heterocycles. The molecule has 2 heterocycles. The van der Waals surface area contributed by atoms with Gasteiger partial charge in [-0.1, -0.05) is 25.5 Å². The zero-order chi connectivity index (χ0) is 21.0. The Morgan fingerprint density at radius 1 is 1.17 bits per heavy atom. The van der Waals surface area contributed by atoms with Crippen LogP contribution in [-0.2, 0) is 16.4 Å². The number of thiophene rings is 1. The Bertz CT molecular complexity index is 1090. The molecule has 2 aromatic heterocycles. The number of sulfone groups is 1. The van der Waals surface area contributed by atoms with Crippen molar-refractivity contribution >= 4 is 21.2 Å². The van der Waals surface area contributed by atoms with Crippen LogP contribution in [0.4, 0.5) is 0 Å². The van der Waals surface area contributed by atoms with Gasteiger partial charge in [0, 0.05) is 17.4 Å². The van der Waals surface area contributed by atoms with E-state index < -0.39 is 9.84 Å². The van der Waals surface area contributed by atoms with Gasteiger partial charge in [-0.25, -0.2) is 13.4 Å². The first-order chi connectivity index (χ1) is 13.8. The number of benzene rings is 1. The van der Waals surface area contributed by atoms with Gasteiger partial charge in [0.15, 0.2) is 9.84 Å². The molecule has 154 valence electrons. The number of unbranched alkanes of at least 4 members (excludes halogenated alkanes) is 1. The molecule has 0 unspecified atom stereocenters. The first-order valence-electron chi connectivity index (χ1n) is 9.47. The lowest BCUT2D eigenvalue weighted by Gasteiger charge is -2.15. The van der Waals surface area contributed by atoms with Crippen molar-refractivity contribution in [2.75, 3.05) is 12.9 Å². The lowest BCUT2D eigenvalue weighted by molar-refractivity contribution is 0.255. The van der Waals surface area contributed by atoms with Crippen LogP contribution < -0.4 is 4.74 Å². The molecule has 0 aliphatic heterocycles. The quantitative estimate of drug-likeness (QED) is 0.516. The van der Waals surface area contributed by atoms with Crippen molar-refractivity contribution in [3.8, 4) is 27.6 Å². The molecule has 1 N–H and O–H groups in total. The van der Waals surface area contributed by atoms with Gasteiger partial charge in [-0.2, -0.15) is 0 Å². The van der Waals surface area contributed by atoms with Gasteiger partial charge in [0.2, 0.25) is 5.88 Å². The Morgan fingerprint density at radius 3 is 2.45 bits per heavy atom. The van der Waals surface area contributed by atoms with Crippen molar-refractivity contribution in [1.82, 2.24) is 4.98 Å². The summed E-state index contributed by atoms with van der Waals surface area (Å²) in [5.41, 5.74) is 4.16. The molecule has 0 spiro atoms. The van der Waals surface area contributed by atoms with Crippen LogP contribution in [0.5, 0.6) is 5.88 Å². The maximum absolute atomic E-state index is 11.8. The number of hydrogen-bond acceptors (Lipinski definition) is 6. The van der Waals surface area contributed by atoms with E-state index in [1.54, 1.807) is 35.6 Å². The molecule has 0 aliphatic carbocycles. The number of pyridine rings is 1. The largest absolute Gasteiger partial charge is 0.477 e. The van der Waals surface area contributed by atoms with Crippen LogP contribution in [0.1, 0.15) is 30.9 Å². The van der Waals surface area contributed by atoms with E-state index in [0.717, 1.165) is 40.1 Å². The minimum Gasteiger partial charge on any atom is -0.477 e. The molecule has 3 rings (SSSR count). The minimum absolute atomic E-state index is 0.188. The standard InChI is InChI=1S/C22H25NO4S2/c1-4-5-11-27-22-17(14-24)13-19(20(23-22)21-15(2)10-12-28-21)16-6-8-18(9-7-16)29(3,25)26/h6-10,12-13,24H,4-5,11,14H2,1-3H3. The Balaban J connectivity index is 2.15. The second-order valence-corrected chi connectivity index (χ2v) is 9.87. The number of aryl methyl sites for hydroxylation is 1. The van der Waals surface area contributed by atoms with Crippen LogP contribution in [0.15, 0.2) is 46.7 Å². The second-order valence-electron chi connectivity index (χ2n) is 6.94. The Labute approximate surface area is 175 Å². The molecule has 7 heteroatoms. The summed E-state index contributed by atoms with van der Waals surface area (Å²) >= 11 is 1.59. The third kappa shape index (κ3) is 4.86. The normalized spacial score (nSPS) is 11.6. The monoisotopic (exact) mass is 431 g/mol. The average molecular weight is 432 g/mol. The number of aromatic nitrogens is 1. The van der Waals surface area contributed by atoms with Gasteiger partial charge in [-0.05, 0) is 54.1 Å². The van der Waals surface area contributed by atoms with Crippen LogP contribution in [-0.4, -0.2) is 31.4 Å². The van der Waals surface area contributed by atoms with E-state index in [2.05, 4.69) is 6.92 Å². The van der Waals surface area contributed by atoms with Crippen molar-refractivity contribution < 1.29 is 18.3 Å². The van der Waals surface area contributed by atoms with E-state index in [4.69, 9.17) is 9.72 Å². The molecule has 0 atom stereocenters. The van der Waals surface area contributed by atoms with E-state index in [0.29, 0.717) is 18.1 Å². The van der Waals surface area contributed by atoms with Gasteiger partial charge in [0.05, 0.1) is 28.7 Å². The van der Waals surface area contributed by atoms with Crippen LogP contribution >= 0.6 is 11.3 Å². The molecule has 1 aromatic carbocycles. The Kier molecular flexibility index (Phi) is 6.72. The van der Waals surface area contributed by atoms with Gasteiger partial charge < -0.3 is 9.84 Å². The fraction of sp³-hybridized carbons (Fsp3) is 0.318. The van der Waals surface area contributed by atoms with Gasteiger partial charge in [-0.3, -0.25) is 0 Å². The smallest absolute Gasteiger partial charge is 0.219 e. The summed E-state index contributed by atoms with van der Waals surface area (Å²) in [4.78, 5) is 6.07. The molecule has 3 aromatic rings. The number of rotatable bonds is 8. The third-order valence-corrected chi connectivity index (χ3v) is 6.79. The summed E-state index contributed by atoms with van der Waals surface area (Å²) in [6, 6.07) is 10.7. The summed E-state index contributed by atoms with van der Waals surface area (Å²) in [7, 11) is -3.27. The zero-order valence-corrected chi connectivity index (χ0v) is 18.4. The maximum Gasteiger partial charge on any atom is 0.219 e. The topological polar surface area (TPSA) is 76.5 Å². The lowest BCUT2D eigenvalue weighted by atomic mass is 10.00. The third-order valence-electron chi connectivity index (χ3n) is 4.64. The number of aliphatic hydroxyl groups excluding tert-OH is 1. The van der Waals surface area contributed by atoms with Crippen LogP contribution in [0.2, 0.25) is 0 Å². The summed E-state index contributed by atoms with van der Waals surface area (Å²) in [5.74, 6) is 0.445. The first kappa shape index (κ1) is 21.5. The summed E-state index contributed by atoms with van der Waals surface area (Å²) in [5, 5.41) is 11.9. The maximum atomic E-state index is 11.8. The molecule has 5 nitrogen and oxygen atoms in total. The van der Waals surface area contributed by atoms with Crippen LogP contribution in [0.3, 0.4) is 0 Å². The van der Waals surface area contributed by atoms with E-state index in [-0.39, 0.29) is 11.5 Å². The van der Waals surface area contributed by atoms with Gasteiger partial charge in [-0.15, -0.1) is 11.3 Å². The summed E-state index contributed by atoms with van der Waals surface area (Å²) in [6.07, 6.45) is 3.11. The van der Waals surface area contributed by atoms with E-state index in [9.17, 15) is 13.5 Å². The van der Waals surface area contributed by atoms with Crippen molar-refractivity contribution in [3.05, 3.63) is 52.9 Å². The molecular weight excluding hydrogens is 406 g/mol. The number of nitrogens with zero attached hydrogens (tertiary/aromatic N) is 1. The van der Waals surface area contributed by atoms with Crippen molar-refractivity contribution in [2.45, 2.75) is 38.2 Å². The zero-order valence-electron chi connectivity index (χ0n) is 16.8. The molecule has 0 radical (unpaired) electrons. The van der Waals surface area contributed by atoms with Crippen LogP contribution in [0.25, 0.3) is 21.7 Å². The molecule has 0 saturated carbocycles. The highest BCUT2D eigenvalue weighted by molar-refractivity contribution is 7.90. The fourth-order valence-electron chi connectivity index (χ4n) is 2.98. The van der Waals surface area contributed by atoms with Crippen molar-refractivity contribution in [2.24, 2.45) is 0 Å². The number of aliphatic hydroxyl groups is 1. The molecule has 0 aliphatic rings. The Hall–Kier alpha value is -2.22. The number of ether oxygens (including phenoxy) is 1. The van der Waals surface area contributed by atoms with Crippen LogP contribution in [0, 0.1) is 6.92 Å². The van der Waals surface area contributed by atoms with Gasteiger partial charge >= 0.3 is 0 Å². The summed E-state index contributed by atoms with van der Waals surface area (Å²) in [6.45, 7) is 4.48. The highest BCUT2D eigenvalue weighted by Crippen LogP contribution is 2.38. The summed E-state index contributed by atoms with van der Waals surface area (Å²) < 4.78 is 29.4. The molecular formula is C22H25NO4S2. The van der Waals surface area contributed by atoms with Gasteiger partial charge in [0.1, 0.15) is 0 Å². The minimum atomic E-state index is -3.27. The lowest BCUT2D eigenvalue weighted by Crippen LogP contribution is -2.04. The van der Waals surface area contributed by atoms with E-state index >= 15 is 0 Å². The highest BCUT2D eigenvalue weighted by atomic mass is 32.2. The highest BCUT2D eigenvalue weighted by Gasteiger charge is 2.18. The van der Waals surface area contributed by atoms with E-state index in [1.165, 1.54) is 6.26 Å². The van der Waals surface area contributed by atoms with Crippen molar-refractivity contribution in [1.29, 1.82) is 0 Å². The van der Waals surface area contributed by atoms with Gasteiger partial charge in [0.25, 0.3) is 0 Å². The molecule has 0 bridgehead atoms. The number of hydrogen-bond donors (Lipinski definition) is 1.